The maximum Gasteiger partial charge on any atom is 0.214 e. The van der Waals surface area contributed by atoms with Gasteiger partial charge in [-0.05, 0) is 30.7 Å². The third-order valence-electron chi connectivity index (χ3n) is 4.76. The molecule has 0 amide bonds. The van der Waals surface area contributed by atoms with E-state index >= 15 is 0 Å². The van der Waals surface area contributed by atoms with E-state index in [1.165, 1.54) is 0 Å². The molecule has 9 heteroatoms. The van der Waals surface area contributed by atoms with Crippen molar-refractivity contribution in [2.24, 2.45) is 4.99 Å². The molecule has 1 aromatic carbocycles. The molecule has 0 unspecified atom stereocenters. The molecule has 1 aliphatic rings. The summed E-state index contributed by atoms with van der Waals surface area (Å²) < 4.78 is 0.966. The molecule has 1 fully saturated rings. The van der Waals surface area contributed by atoms with Crippen LogP contribution >= 0.6 is 15.9 Å². The second-order valence-corrected chi connectivity index (χ2v) is 7.45. The smallest absolute Gasteiger partial charge is 0.214 e. The number of guanidine groups is 1. The summed E-state index contributed by atoms with van der Waals surface area (Å²) in [6.07, 6.45) is 5.46. The van der Waals surface area contributed by atoms with Crippen LogP contribution in [0, 0.1) is 18.4 Å². The zero-order chi connectivity index (χ0) is 19.5. The summed E-state index contributed by atoms with van der Waals surface area (Å²) in [5.41, 5.74) is 2.87. The van der Waals surface area contributed by atoms with Gasteiger partial charge in [-0.15, -0.1) is 4.99 Å². The molecular weight excluding hydrogens is 420 g/mol. The van der Waals surface area contributed by atoms with Crippen molar-refractivity contribution in [3.63, 3.8) is 0 Å². The van der Waals surface area contributed by atoms with Crippen molar-refractivity contribution in [1.82, 2.24) is 19.9 Å². The first-order valence-corrected chi connectivity index (χ1v) is 9.73. The lowest BCUT2D eigenvalue weighted by atomic mass is 10.2. The van der Waals surface area contributed by atoms with Gasteiger partial charge in [0.15, 0.2) is 0 Å². The van der Waals surface area contributed by atoms with Gasteiger partial charge in [-0.1, -0.05) is 22.0 Å². The first-order chi connectivity index (χ1) is 13.7. The van der Waals surface area contributed by atoms with Crippen LogP contribution in [0.3, 0.4) is 0 Å². The zero-order valence-corrected chi connectivity index (χ0v) is 16.9. The number of fused-ring (bicyclic) bond motifs is 1. The van der Waals surface area contributed by atoms with E-state index in [1.807, 2.05) is 36.7 Å². The van der Waals surface area contributed by atoms with Gasteiger partial charge in [-0.2, -0.15) is 5.26 Å². The summed E-state index contributed by atoms with van der Waals surface area (Å²) in [5, 5.41) is 13.4. The molecular formula is C19H19BrN8. The van der Waals surface area contributed by atoms with Crippen molar-refractivity contribution in [3.05, 3.63) is 46.8 Å². The Labute approximate surface area is 171 Å². The fourth-order valence-electron chi connectivity index (χ4n) is 3.39. The van der Waals surface area contributed by atoms with E-state index in [0.717, 1.165) is 58.8 Å². The SMILES string of the molecule is Cc1c[nH]c2ncnc(N3CCN(/C(=N\C#N)Nc4cccc(Br)c4)CC3)c12. The van der Waals surface area contributed by atoms with Gasteiger partial charge < -0.3 is 20.1 Å². The van der Waals surface area contributed by atoms with Gasteiger partial charge in [-0.3, -0.25) is 0 Å². The van der Waals surface area contributed by atoms with E-state index in [4.69, 9.17) is 5.26 Å². The van der Waals surface area contributed by atoms with Crippen molar-refractivity contribution < 1.29 is 0 Å². The lowest BCUT2D eigenvalue weighted by Gasteiger charge is -2.37. The van der Waals surface area contributed by atoms with Crippen LogP contribution in [0.15, 0.2) is 46.3 Å². The number of hydrogen-bond acceptors (Lipinski definition) is 5. The minimum atomic E-state index is 0.561. The van der Waals surface area contributed by atoms with Gasteiger partial charge in [0.1, 0.15) is 17.8 Å². The van der Waals surface area contributed by atoms with Gasteiger partial charge >= 0.3 is 0 Å². The number of anilines is 2. The number of aromatic nitrogens is 3. The average Bonchev–Trinajstić information content (AvgIpc) is 3.09. The highest BCUT2D eigenvalue weighted by atomic mass is 79.9. The number of aliphatic imine (C=N–C) groups is 1. The average molecular weight is 439 g/mol. The standard InChI is InChI=1S/C19H19BrN8/c1-13-10-22-17-16(13)18(25-12-24-17)27-5-7-28(8-6-27)19(23-11-21)26-15-4-2-3-14(20)9-15/h2-4,9-10,12H,5-8H2,1H3,(H,23,26)(H,22,24,25). The van der Waals surface area contributed by atoms with Gasteiger partial charge in [0, 0.05) is 42.5 Å². The maximum absolute atomic E-state index is 9.11. The molecule has 0 atom stereocenters. The van der Waals surface area contributed by atoms with Crippen molar-refractivity contribution in [2.75, 3.05) is 36.4 Å². The Balaban J connectivity index is 1.50. The quantitative estimate of drug-likeness (QED) is 0.362. The van der Waals surface area contributed by atoms with Crippen LogP contribution in [0.4, 0.5) is 11.5 Å². The van der Waals surface area contributed by atoms with E-state index in [1.54, 1.807) is 6.33 Å². The molecule has 3 heterocycles. The van der Waals surface area contributed by atoms with Crippen molar-refractivity contribution >= 4 is 44.4 Å². The Morgan fingerprint density at radius 2 is 2.11 bits per heavy atom. The molecule has 0 spiro atoms. The van der Waals surface area contributed by atoms with E-state index in [9.17, 15) is 0 Å². The van der Waals surface area contributed by atoms with Crippen molar-refractivity contribution in [1.29, 1.82) is 5.26 Å². The number of H-pyrrole nitrogens is 1. The van der Waals surface area contributed by atoms with Crippen LogP contribution in [0.2, 0.25) is 0 Å². The predicted molar refractivity (Wildman–Crippen MR) is 113 cm³/mol. The lowest BCUT2D eigenvalue weighted by molar-refractivity contribution is 0.384. The Bertz CT molecular complexity index is 1060. The summed E-state index contributed by atoms with van der Waals surface area (Å²) in [6, 6.07) is 7.79. The Morgan fingerprint density at radius 1 is 1.29 bits per heavy atom. The highest BCUT2D eigenvalue weighted by molar-refractivity contribution is 9.10. The number of halogens is 1. The molecule has 28 heavy (non-hydrogen) atoms. The molecule has 0 saturated carbocycles. The number of nitrogens with zero attached hydrogens (tertiary/aromatic N) is 6. The number of nitrogens with one attached hydrogen (secondary N) is 2. The number of rotatable bonds is 2. The van der Waals surface area contributed by atoms with E-state index < -0.39 is 0 Å². The molecule has 0 aliphatic carbocycles. The highest BCUT2D eigenvalue weighted by Gasteiger charge is 2.23. The fourth-order valence-corrected chi connectivity index (χ4v) is 3.79. The first-order valence-electron chi connectivity index (χ1n) is 8.93. The minimum Gasteiger partial charge on any atom is -0.352 e. The van der Waals surface area contributed by atoms with Gasteiger partial charge in [0.25, 0.3) is 0 Å². The fraction of sp³-hybridized carbons (Fsp3) is 0.263. The largest absolute Gasteiger partial charge is 0.352 e. The molecule has 1 aliphatic heterocycles. The Morgan fingerprint density at radius 3 is 2.86 bits per heavy atom. The van der Waals surface area contributed by atoms with Gasteiger partial charge in [0.05, 0.1) is 5.39 Å². The summed E-state index contributed by atoms with van der Waals surface area (Å²) in [5.74, 6) is 1.51. The number of nitriles is 1. The Kier molecular flexibility index (Phi) is 5.12. The van der Waals surface area contributed by atoms with E-state index in [-0.39, 0.29) is 0 Å². The highest BCUT2D eigenvalue weighted by Crippen LogP contribution is 2.26. The first kappa shape index (κ1) is 18.3. The van der Waals surface area contributed by atoms with Crippen LogP contribution in [-0.4, -0.2) is 52.0 Å². The number of hydrogen-bond donors (Lipinski definition) is 2. The monoisotopic (exact) mass is 438 g/mol. The molecule has 4 rings (SSSR count). The second kappa shape index (κ2) is 7.86. The Hall–Kier alpha value is -3.12. The van der Waals surface area contributed by atoms with Crippen molar-refractivity contribution in [3.8, 4) is 6.19 Å². The number of piperazine rings is 1. The number of aromatic amines is 1. The number of aryl methyl sites for hydroxylation is 1. The zero-order valence-electron chi connectivity index (χ0n) is 15.4. The van der Waals surface area contributed by atoms with Gasteiger partial charge in [-0.25, -0.2) is 9.97 Å². The summed E-state index contributed by atoms with van der Waals surface area (Å²) in [4.78, 5) is 20.4. The molecule has 1 saturated heterocycles. The van der Waals surface area contributed by atoms with Crippen LogP contribution in [0.1, 0.15) is 5.56 Å². The molecule has 3 aromatic rings. The molecule has 142 valence electrons. The number of benzene rings is 1. The third kappa shape index (κ3) is 3.64. The lowest BCUT2D eigenvalue weighted by Crippen LogP contribution is -2.51. The van der Waals surface area contributed by atoms with Crippen LogP contribution in [0.25, 0.3) is 11.0 Å². The molecule has 2 N–H and O–H groups in total. The predicted octanol–water partition coefficient (Wildman–Crippen LogP) is 3.10. The topological polar surface area (TPSA) is 96.2 Å². The molecule has 0 bridgehead atoms. The minimum absolute atomic E-state index is 0.561. The van der Waals surface area contributed by atoms with E-state index in [0.29, 0.717) is 5.96 Å². The van der Waals surface area contributed by atoms with Gasteiger partial charge in [0.2, 0.25) is 12.2 Å². The van der Waals surface area contributed by atoms with Crippen molar-refractivity contribution in [2.45, 2.75) is 6.92 Å². The van der Waals surface area contributed by atoms with Crippen LogP contribution in [-0.2, 0) is 0 Å². The van der Waals surface area contributed by atoms with Crippen LogP contribution < -0.4 is 10.2 Å². The normalized spacial score (nSPS) is 15.0. The summed E-state index contributed by atoms with van der Waals surface area (Å²) >= 11 is 3.46. The second-order valence-electron chi connectivity index (χ2n) is 6.54. The molecule has 0 radical (unpaired) electrons. The molecule has 2 aromatic heterocycles. The summed E-state index contributed by atoms with van der Waals surface area (Å²) in [7, 11) is 0. The summed E-state index contributed by atoms with van der Waals surface area (Å²) in [6.45, 7) is 5.08. The maximum atomic E-state index is 9.11. The molecule has 8 nitrogen and oxygen atoms in total. The third-order valence-corrected chi connectivity index (χ3v) is 5.26. The van der Waals surface area contributed by atoms with E-state index in [2.05, 4.69) is 57.9 Å². The van der Waals surface area contributed by atoms with Crippen LogP contribution in [0.5, 0.6) is 0 Å².